The van der Waals surface area contributed by atoms with Crippen LogP contribution >= 0.6 is 0 Å². The topological polar surface area (TPSA) is 96.8 Å². The van der Waals surface area contributed by atoms with E-state index in [1.807, 2.05) is 0 Å². The lowest BCUT2D eigenvalue weighted by atomic mass is 9.77. The molecule has 4 rings (SSSR count). The summed E-state index contributed by atoms with van der Waals surface area (Å²) in [5.74, 6) is -5.13. The molecule has 2 saturated carbocycles. The summed E-state index contributed by atoms with van der Waals surface area (Å²) in [7, 11) is 0. The van der Waals surface area contributed by atoms with Crippen molar-refractivity contribution in [3.05, 3.63) is 53.3 Å². The summed E-state index contributed by atoms with van der Waals surface area (Å²) in [6.07, 6.45) is 1.67. The van der Waals surface area contributed by atoms with Gasteiger partial charge in [0.15, 0.2) is 5.84 Å². The Bertz CT molecular complexity index is 1180. The minimum absolute atomic E-state index is 0.0506. The molecule has 0 saturated heterocycles. The number of aromatic nitrogens is 2. The number of nitrogens with two attached hydrogens (primary N) is 1. The molecule has 1 unspecified atom stereocenters. The third-order valence-corrected chi connectivity index (χ3v) is 6.74. The van der Waals surface area contributed by atoms with Gasteiger partial charge in [-0.2, -0.15) is 18.2 Å². The summed E-state index contributed by atoms with van der Waals surface area (Å²) in [5.41, 5.74) is 2.91. The molecule has 2 N–H and O–H groups in total. The van der Waals surface area contributed by atoms with Crippen molar-refractivity contribution in [3.8, 4) is 0 Å². The minimum atomic E-state index is -4.91. The van der Waals surface area contributed by atoms with Gasteiger partial charge in [0.25, 0.3) is 17.8 Å². The molecule has 0 bridgehead atoms. The van der Waals surface area contributed by atoms with Crippen molar-refractivity contribution in [1.29, 1.82) is 0 Å². The molecule has 7 nitrogen and oxygen atoms in total. The first-order valence-corrected chi connectivity index (χ1v) is 12.0. The quantitative estimate of drug-likeness (QED) is 0.287. The van der Waals surface area contributed by atoms with Crippen LogP contribution in [-0.4, -0.2) is 45.5 Å². The monoisotopic (exact) mass is 522 g/mol. The maximum Gasteiger partial charge on any atom is 0.416 e. The molecule has 2 aromatic rings. The zero-order valence-corrected chi connectivity index (χ0v) is 20.1. The number of nitrogens with zero attached hydrogens (tertiary/aromatic N) is 5. The predicted octanol–water partition coefficient (Wildman–Crippen LogP) is 5.35. The van der Waals surface area contributed by atoms with Crippen LogP contribution in [0.25, 0.3) is 0 Å². The normalized spacial score (nSPS) is 18.1. The lowest BCUT2D eigenvalue weighted by molar-refractivity contribution is -0.138. The first-order valence-electron chi connectivity index (χ1n) is 12.0. The number of amides is 1. The second-order valence-corrected chi connectivity index (χ2v) is 9.42. The molecule has 198 valence electrons. The number of halogens is 5. The highest BCUT2D eigenvalue weighted by molar-refractivity contribution is 6.01. The van der Waals surface area contributed by atoms with Crippen LogP contribution in [-0.2, 0) is 12.1 Å². The molecule has 0 aliphatic heterocycles. The average Bonchev–Trinajstić information content (AvgIpc) is 3.64. The van der Waals surface area contributed by atoms with Crippen LogP contribution in [0.1, 0.15) is 60.5 Å². The maximum atomic E-state index is 15.1. The Morgan fingerprint density at radius 3 is 2.30 bits per heavy atom. The van der Waals surface area contributed by atoms with Crippen molar-refractivity contribution in [1.82, 2.24) is 14.9 Å². The molecular weight excluding hydrogens is 495 g/mol. The molecule has 1 atom stereocenters. The summed E-state index contributed by atoms with van der Waals surface area (Å²) in [6, 6.07) is 2.68. The maximum absolute atomic E-state index is 15.1. The third kappa shape index (κ3) is 6.11. The van der Waals surface area contributed by atoms with Crippen molar-refractivity contribution in [2.75, 3.05) is 6.54 Å². The largest absolute Gasteiger partial charge is 0.416 e. The van der Waals surface area contributed by atoms with Crippen molar-refractivity contribution in [2.24, 2.45) is 27.6 Å². The van der Waals surface area contributed by atoms with Gasteiger partial charge in [0.05, 0.1) is 17.9 Å². The Labute approximate surface area is 210 Å². The highest BCUT2D eigenvalue weighted by atomic mass is 19.4. The first-order chi connectivity index (χ1) is 17.5. The lowest BCUT2D eigenvalue weighted by Crippen LogP contribution is -2.44. The van der Waals surface area contributed by atoms with Gasteiger partial charge in [-0.15, -0.1) is 0 Å². The van der Waals surface area contributed by atoms with Crippen molar-refractivity contribution in [2.45, 2.75) is 57.2 Å². The number of aliphatic imine (C=N–C) groups is 2. The predicted molar refractivity (Wildman–Crippen MR) is 128 cm³/mol. The van der Waals surface area contributed by atoms with Gasteiger partial charge in [-0.3, -0.25) is 4.79 Å². The van der Waals surface area contributed by atoms with E-state index < -0.39 is 46.7 Å². The molecule has 1 aromatic heterocycles. The second kappa shape index (κ2) is 10.5. The standard InChI is InChI=1S/C25H27F5N6O/c1-15(21(34-14-31)35-23-32-8-3-9-33-23)36(13-16-6-7-16)22(37)17-10-19(12-20(11-17)25(28,29)30)24(26,27)18-4-2-5-18/h3,8-12,14-16,18H,2,4-7,13H2,1H3,(H2,31,32,33,34,35). The second-order valence-electron chi connectivity index (χ2n) is 9.42. The number of rotatable bonds is 8. The summed E-state index contributed by atoms with van der Waals surface area (Å²) in [4.78, 5) is 31.2. The van der Waals surface area contributed by atoms with Crippen molar-refractivity contribution in [3.63, 3.8) is 0 Å². The Balaban J connectivity index is 1.74. The number of alkyl halides is 5. The van der Waals surface area contributed by atoms with Crippen LogP contribution in [0.4, 0.5) is 27.9 Å². The SMILES string of the molecule is CC(/C(N=CN)=N\c1ncccn1)N(CC1CC1)C(=O)c1cc(C(F)(F)F)cc(C(F)(F)C2CCC2)c1. The van der Waals surface area contributed by atoms with Crippen LogP contribution in [0.3, 0.4) is 0 Å². The Morgan fingerprint density at radius 2 is 1.76 bits per heavy atom. The van der Waals surface area contributed by atoms with Crippen LogP contribution < -0.4 is 5.73 Å². The molecule has 0 radical (unpaired) electrons. The van der Waals surface area contributed by atoms with E-state index in [4.69, 9.17) is 5.73 Å². The molecular formula is C25H27F5N6O. The molecule has 2 aliphatic carbocycles. The average molecular weight is 523 g/mol. The van der Waals surface area contributed by atoms with Gasteiger partial charge in [0, 0.05) is 36.0 Å². The van der Waals surface area contributed by atoms with E-state index in [0.29, 0.717) is 18.6 Å². The molecule has 12 heteroatoms. The Hall–Kier alpha value is -3.44. The molecule has 0 spiro atoms. The number of amidine groups is 1. The molecule has 1 amide bonds. The number of carbonyl (C=O) groups is 1. The summed E-state index contributed by atoms with van der Waals surface area (Å²) >= 11 is 0. The first kappa shape index (κ1) is 26.6. The van der Waals surface area contributed by atoms with E-state index in [1.165, 1.54) is 17.3 Å². The van der Waals surface area contributed by atoms with Crippen molar-refractivity contribution >= 4 is 24.0 Å². The van der Waals surface area contributed by atoms with E-state index in [9.17, 15) is 18.0 Å². The fourth-order valence-corrected chi connectivity index (χ4v) is 4.17. The van der Waals surface area contributed by atoms with E-state index >= 15 is 8.78 Å². The Morgan fingerprint density at radius 1 is 1.11 bits per heavy atom. The van der Waals surface area contributed by atoms with Gasteiger partial charge in [-0.1, -0.05) is 6.42 Å². The van der Waals surface area contributed by atoms with E-state index in [0.717, 1.165) is 25.2 Å². The Kier molecular flexibility index (Phi) is 7.56. The number of benzene rings is 1. The van der Waals surface area contributed by atoms with Gasteiger partial charge in [-0.05, 0) is 62.8 Å². The third-order valence-electron chi connectivity index (χ3n) is 6.74. The number of carbonyl (C=O) groups excluding carboxylic acids is 1. The number of hydrogen-bond acceptors (Lipinski definition) is 4. The van der Waals surface area contributed by atoms with Gasteiger partial charge in [0.2, 0.25) is 0 Å². The highest BCUT2D eigenvalue weighted by Gasteiger charge is 2.46. The van der Waals surface area contributed by atoms with Crippen LogP contribution in [0.2, 0.25) is 0 Å². The summed E-state index contributed by atoms with van der Waals surface area (Å²) in [6.45, 7) is 1.78. The van der Waals surface area contributed by atoms with Crippen molar-refractivity contribution < 1.29 is 26.7 Å². The smallest absolute Gasteiger partial charge is 0.390 e. The van der Waals surface area contributed by atoms with E-state index in [-0.39, 0.29) is 37.1 Å². The summed E-state index contributed by atoms with van der Waals surface area (Å²) < 4.78 is 71.3. The lowest BCUT2D eigenvalue weighted by Gasteiger charge is -2.34. The molecule has 37 heavy (non-hydrogen) atoms. The fourth-order valence-electron chi connectivity index (χ4n) is 4.17. The fraction of sp³-hybridized carbons (Fsp3) is 0.480. The molecule has 2 aliphatic rings. The van der Waals surface area contributed by atoms with Gasteiger partial charge in [-0.25, -0.2) is 23.7 Å². The van der Waals surface area contributed by atoms with Crippen LogP contribution in [0.15, 0.2) is 46.6 Å². The minimum Gasteiger partial charge on any atom is -0.390 e. The van der Waals surface area contributed by atoms with E-state index in [2.05, 4.69) is 20.0 Å². The van der Waals surface area contributed by atoms with Crippen LogP contribution in [0, 0.1) is 11.8 Å². The number of hydrogen-bond donors (Lipinski definition) is 1. The summed E-state index contributed by atoms with van der Waals surface area (Å²) in [5, 5.41) is 0. The van der Waals surface area contributed by atoms with E-state index in [1.54, 1.807) is 13.0 Å². The molecule has 1 aromatic carbocycles. The van der Waals surface area contributed by atoms with Crippen LogP contribution in [0.5, 0.6) is 0 Å². The van der Waals surface area contributed by atoms with Gasteiger partial charge >= 0.3 is 6.18 Å². The molecule has 1 heterocycles. The highest BCUT2D eigenvalue weighted by Crippen LogP contribution is 2.47. The van der Waals surface area contributed by atoms with Gasteiger partial charge in [0.1, 0.15) is 0 Å². The van der Waals surface area contributed by atoms with Gasteiger partial charge < -0.3 is 10.6 Å². The zero-order chi connectivity index (χ0) is 26.8. The molecule has 2 fully saturated rings. The zero-order valence-electron chi connectivity index (χ0n) is 20.1.